The second-order valence-corrected chi connectivity index (χ2v) is 10.7. The molecule has 0 radical (unpaired) electrons. The molecule has 0 saturated carbocycles. The number of rotatable bonds is 4. The lowest BCUT2D eigenvalue weighted by Crippen LogP contribution is -2.40. The van der Waals surface area contributed by atoms with Crippen LogP contribution in [0, 0.1) is 0 Å². The molecule has 2 N–H and O–H groups in total. The molecule has 4 aromatic carbocycles. The molecule has 4 aromatic rings. The first-order valence-electron chi connectivity index (χ1n) is 14.6. The van der Waals surface area contributed by atoms with Crippen LogP contribution in [0.15, 0.2) is 84.9 Å². The third kappa shape index (κ3) is 6.14. The number of methoxy groups -OCH3 is 1. The summed E-state index contributed by atoms with van der Waals surface area (Å²) in [6, 6.07) is 26.0. The van der Waals surface area contributed by atoms with Gasteiger partial charge in [-0.3, -0.25) is 9.59 Å². The molecule has 0 saturated heterocycles. The summed E-state index contributed by atoms with van der Waals surface area (Å²) >= 11 is 0. The van der Waals surface area contributed by atoms with Crippen molar-refractivity contribution in [2.75, 3.05) is 26.8 Å². The minimum atomic E-state index is -0.381. The molecule has 0 aliphatic carbocycles. The van der Waals surface area contributed by atoms with Crippen LogP contribution in [0.4, 0.5) is 0 Å². The number of nitrogens with zero attached hydrogens (tertiary/aromatic N) is 1. The number of amides is 2. The molecule has 5 heterocycles. The van der Waals surface area contributed by atoms with E-state index in [4.69, 9.17) is 14.2 Å². The summed E-state index contributed by atoms with van der Waals surface area (Å²) in [5.74, 6) is 2.15. The van der Waals surface area contributed by atoms with E-state index in [1.807, 2.05) is 71.6 Å². The summed E-state index contributed by atoms with van der Waals surface area (Å²) in [4.78, 5) is 28.5. The molecule has 8 nitrogen and oxygen atoms in total. The van der Waals surface area contributed by atoms with Crippen molar-refractivity contribution in [1.29, 1.82) is 0 Å². The zero-order valence-electron chi connectivity index (χ0n) is 24.0. The SMILES string of the molecule is COc1ccccc1CCC(=O)N1CCc2cc3ccc2C1c1ccc(cc1)OCCCNC(=O)c1cc(ccc1O)O3. The van der Waals surface area contributed by atoms with Crippen LogP contribution < -0.4 is 19.5 Å². The van der Waals surface area contributed by atoms with Gasteiger partial charge in [0.25, 0.3) is 5.91 Å². The lowest BCUT2D eigenvalue weighted by molar-refractivity contribution is -0.133. The molecule has 9 rings (SSSR count). The highest BCUT2D eigenvalue weighted by molar-refractivity contribution is 5.97. The van der Waals surface area contributed by atoms with Gasteiger partial charge in [-0.05, 0) is 90.0 Å². The molecular weight excluding hydrogens is 544 g/mol. The zero-order valence-corrected chi connectivity index (χ0v) is 24.0. The van der Waals surface area contributed by atoms with Crippen molar-refractivity contribution in [3.8, 4) is 28.7 Å². The molecule has 0 spiro atoms. The van der Waals surface area contributed by atoms with Gasteiger partial charge >= 0.3 is 0 Å². The Kier molecular flexibility index (Phi) is 8.18. The van der Waals surface area contributed by atoms with Crippen molar-refractivity contribution in [3.63, 3.8) is 0 Å². The van der Waals surface area contributed by atoms with Crippen molar-refractivity contribution >= 4 is 11.8 Å². The lowest BCUT2D eigenvalue weighted by Gasteiger charge is -2.38. The number of carbonyl (C=O) groups is 2. The van der Waals surface area contributed by atoms with Gasteiger partial charge in [0.05, 0.1) is 25.3 Å². The molecular formula is C35H34N2O6. The van der Waals surface area contributed by atoms with E-state index >= 15 is 0 Å². The number of benzene rings is 4. The fourth-order valence-electron chi connectivity index (χ4n) is 5.79. The number of para-hydroxylation sites is 1. The third-order valence-corrected chi connectivity index (χ3v) is 7.98. The summed E-state index contributed by atoms with van der Waals surface area (Å²) in [5, 5.41) is 13.1. The molecule has 220 valence electrons. The number of hydrogen-bond donors (Lipinski definition) is 2. The lowest BCUT2D eigenvalue weighted by atomic mass is 9.87. The quantitative estimate of drug-likeness (QED) is 0.317. The number of aryl methyl sites for hydroxylation is 1. The van der Waals surface area contributed by atoms with Gasteiger partial charge in [0, 0.05) is 19.5 Å². The van der Waals surface area contributed by atoms with E-state index in [-0.39, 0.29) is 29.2 Å². The summed E-state index contributed by atoms with van der Waals surface area (Å²) in [6.45, 7) is 1.37. The standard InChI is InChI=1S/C35H34N2O6/c1-41-32-6-3-2-5-23(32)9-16-33(39)37-19-17-25-21-27-12-14-29(25)34(37)24-7-10-26(11-8-24)42-20-4-18-36-35(40)30-22-28(43-27)13-15-31(30)38/h2-3,5-8,10-15,21-22,34,38H,4,9,16-20H2,1H3,(H,36,40). The van der Waals surface area contributed by atoms with Crippen molar-refractivity contribution < 1.29 is 28.9 Å². The molecule has 1 atom stereocenters. The maximum Gasteiger partial charge on any atom is 0.255 e. The van der Waals surface area contributed by atoms with E-state index in [1.54, 1.807) is 19.2 Å². The molecule has 43 heavy (non-hydrogen) atoms. The first-order chi connectivity index (χ1) is 21.0. The number of phenols is 1. The average Bonchev–Trinajstić information content (AvgIpc) is 3.03. The fourth-order valence-corrected chi connectivity index (χ4v) is 5.79. The maximum absolute atomic E-state index is 13.8. The van der Waals surface area contributed by atoms with Crippen molar-refractivity contribution in [2.24, 2.45) is 0 Å². The van der Waals surface area contributed by atoms with Crippen molar-refractivity contribution in [3.05, 3.63) is 113 Å². The van der Waals surface area contributed by atoms with Crippen LogP contribution in [0.25, 0.3) is 0 Å². The van der Waals surface area contributed by atoms with Gasteiger partial charge < -0.3 is 29.5 Å². The highest BCUT2D eigenvalue weighted by atomic mass is 16.5. The van der Waals surface area contributed by atoms with Gasteiger partial charge in [-0.25, -0.2) is 0 Å². The Morgan fingerprint density at radius 3 is 2.60 bits per heavy atom. The van der Waals surface area contributed by atoms with Crippen LogP contribution in [0.2, 0.25) is 0 Å². The predicted molar refractivity (Wildman–Crippen MR) is 162 cm³/mol. The molecule has 5 aliphatic rings. The van der Waals surface area contributed by atoms with Crippen LogP contribution in [0.1, 0.15) is 51.5 Å². The normalized spacial score (nSPS) is 16.3. The number of nitrogens with one attached hydrogen (secondary N) is 1. The average molecular weight is 579 g/mol. The summed E-state index contributed by atoms with van der Waals surface area (Å²) in [6.07, 6.45) is 2.22. The highest BCUT2D eigenvalue weighted by Gasteiger charge is 2.32. The second kappa shape index (κ2) is 12.5. The second-order valence-electron chi connectivity index (χ2n) is 10.7. The summed E-state index contributed by atoms with van der Waals surface area (Å²) in [7, 11) is 1.65. The Hall–Kier alpha value is -4.98. The Balaban J connectivity index is 1.33. The number of hydrogen-bond acceptors (Lipinski definition) is 6. The minimum absolute atomic E-state index is 0.0781. The predicted octanol–water partition coefficient (Wildman–Crippen LogP) is 5.81. The number of phenolic OH excluding ortho intramolecular Hbond substituents is 1. The summed E-state index contributed by atoms with van der Waals surface area (Å²) < 4.78 is 17.6. The van der Waals surface area contributed by atoms with Gasteiger partial charge in [-0.2, -0.15) is 0 Å². The number of aromatic hydroxyl groups is 1. The van der Waals surface area contributed by atoms with E-state index in [9.17, 15) is 14.7 Å². The Labute approximate surface area is 250 Å². The monoisotopic (exact) mass is 578 g/mol. The highest BCUT2D eigenvalue weighted by Crippen LogP contribution is 2.39. The van der Waals surface area contributed by atoms with Crippen LogP contribution >= 0.6 is 0 Å². The van der Waals surface area contributed by atoms with E-state index < -0.39 is 0 Å². The molecule has 8 heteroatoms. The molecule has 5 aliphatic heterocycles. The number of carbonyl (C=O) groups excluding carboxylic acids is 2. The Morgan fingerprint density at radius 2 is 1.77 bits per heavy atom. The van der Waals surface area contributed by atoms with E-state index in [2.05, 4.69) is 5.32 Å². The Morgan fingerprint density at radius 1 is 1.00 bits per heavy atom. The van der Waals surface area contributed by atoms with Gasteiger partial charge in [0.1, 0.15) is 28.7 Å². The third-order valence-electron chi connectivity index (χ3n) is 7.98. The van der Waals surface area contributed by atoms with Gasteiger partial charge in [-0.15, -0.1) is 0 Å². The van der Waals surface area contributed by atoms with E-state index in [0.29, 0.717) is 62.6 Å². The smallest absolute Gasteiger partial charge is 0.255 e. The van der Waals surface area contributed by atoms with Crippen LogP contribution in [0.5, 0.6) is 28.7 Å². The van der Waals surface area contributed by atoms with Crippen molar-refractivity contribution in [1.82, 2.24) is 10.2 Å². The Bertz CT molecular complexity index is 1630. The van der Waals surface area contributed by atoms with Gasteiger partial charge in [0.15, 0.2) is 0 Å². The van der Waals surface area contributed by atoms with Gasteiger partial charge in [0.2, 0.25) is 5.91 Å². The summed E-state index contributed by atoms with van der Waals surface area (Å²) in [5.41, 5.74) is 4.29. The fraction of sp³-hybridized carbons (Fsp3) is 0.257. The molecule has 8 bridgehead atoms. The zero-order chi connectivity index (χ0) is 29.8. The first-order valence-corrected chi connectivity index (χ1v) is 14.6. The maximum atomic E-state index is 13.8. The number of ether oxygens (including phenoxy) is 3. The molecule has 2 amide bonds. The molecule has 0 fully saturated rings. The minimum Gasteiger partial charge on any atom is -0.507 e. The van der Waals surface area contributed by atoms with E-state index in [1.165, 1.54) is 6.07 Å². The van der Waals surface area contributed by atoms with E-state index in [0.717, 1.165) is 28.0 Å². The molecule has 0 aromatic heterocycles. The van der Waals surface area contributed by atoms with Crippen LogP contribution in [0.3, 0.4) is 0 Å². The topological polar surface area (TPSA) is 97.3 Å². The molecule has 1 unspecified atom stereocenters. The van der Waals surface area contributed by atoms with Crippen LogP contribution in [-0.2, 0) is 17.6 Å². The largest absolute Gasteiger partial charge is 0.507 e. The first kappa shape index (κ1) is 28.2. The van der Waals surface area contributed by atoms with Crippen LogP contribution in [-0.4, -0.2) is 48.6 Å². The van der Waals surface area contributed by atoms with Crippen molar-refractivity contribution in [2.45, 2.75) is 31.7 Å². The van der Waals surface area contributed by atoms with Gasteiger partial charge in [-0.1, -0.05) is 36.4 Å².